The number of halogens is 1. The highest BCUT2D eigenvalue weighted by Gasteiger charge is 2.30. The largest absolute Gasteiger partial charge is 0.504 e. The minimum Gasteiger partial charge on any atom is -0.504 e. The average Bonchev–Trinajstić information content (AvgIpc) is 2.94. The minimum atomic E-state index is -0.596. The number of phenols is 2. The molecule has 1 saturated heterocycles. The highest BCUT2D eigenvalue weighted by Crippen LogP contribution is 2.34. The van der Waals surface area contributed by atoms with Crippen LogP contribution in [-0.4, -0.2) is 65.3 Å². The number of benzene rings is 3. The second-order valence-corrected chi connectivity index (χ2v) is 9.82. The first-order chi connectivity index (χ1) is 18.3. The van der Waals surface area contributed by atoms with E-state index in [1.165, 1.54) is 12.1 Å². The summed E-state index contributed by atoms with van der Waals surface area (Å²) in [5, 5.41) is 19.6. The van der Waals surface area contributed by atoms with Crippen LogP contribution in [0.5, 0.6) is 11.5 Å². The molecule has 0 saturated carbocycles. The van der Waals surface area contributed by atoms with Crippen LogP contribution in [0.25, 0.3) is 6.08 Å². The maximum absolute atomic E-state index is 12.6. The Hall–Kier alpha value is -3.58. The van der Waals surface area contributed by atoms with Crippen LogP contribution in [0.4, 0.5) is 0 Å². The van der Waals surface area contributed by atoms with Gasteiger partial charge in [0.15, 0.2) is 11.5 Å². The Labute approximate surface area is 229 Å². The monoisotopic (exact) mass is 532 g/mol. The molecular weight excluding hydrogens is 500 g/mol. The van der Waals surface area contributed by atoms with E-state index in [0.717, 1.165) is 36.3 Å². The Balaban J connectivity index is 1.26. The molecule has 1 aliphatic rings. The number of piperazine rings is 1. The fourth-order valence-corrected chi connectivity index (χ4v) is 4.61. The molecule has 1 heterocycles. The summed E-state index contributed by atoms with van der Waals surface area (Å²) in [5.41, 5.74) is 2.26. The van der Waals surface area contributed by atoms with Crippen LogP contribution in [0.1, 0.15) is 23.6 Å². The fraction of sp³-hybridized carbons (Fsp3) is 0.258. The predicted octanol–water partition coefficient (Wildman–Crippen LogP) is 5.45. The Morgan fingerprint density at radius 2 is 1.61 bits per heavy atom. The third-order valence-electron chi connectivity index (χ3n) is 6.84. The molecule has 1 atom stereocenters. The molecule has 198 valence electrons. The van der Waals surface area contributed by atoms with Gasteiger partial charge in [0.2, 0.25) is 5.91 Å². The Kier molecular flexibility index (Phi) is 9.24. The van der Waals surface area contributed by atoms with Gasteiger partial charge < -0.3 is 19.8 Å². The molecule has 0 spiro atoms. The molecule has 3 aromatic rings. The molecule has 38 heavy (non-hydrogen) atoms. The zero-order chi connectivity index (χ0) is 27.0. The number of hydrogen-bond donors (Lipinski definition) is 2. The summed E-state index contributed by atoms with van der Waals surface area (Å²) in [7, 11) is 0. The van der Waals surface area contributed by atoms with E-state index in [0.29, 0.717) is 24.7 Å². The van der Waals surface area contributed by atoms with E-state index in [1.54, 1.807) is 30.4 Å². The van der Waals surface area contributed by atoms with Crippen molar-refractivity contribution in [3.8, 4) is 11.5 Å². The first kappa shape index (κ1) is 27.5. The summed E-state index contributed by atoms with van der Waals surface area (Å²) in [4.78, 5) is 16.7. The Morgan fingerprint density at radius 3 is 2.29 bits per heavy atom. The van der Waals surface area contributed by atoms with Gasteiger partial charge in [0.25, 0.3) is 0 Å². The van der Waals surface area contributed by atoms with E-state index < -0.39 is 5.60 Å². The van der Waals surface area contributed by atoms with Gasteiger partial charge in [0.05, 0.1) is 6.61 Å². The second-order valence-electron chi connectivity index (χ2n) is 9.39. The van der Waals surface area contributed by atoms with E-state index in [4.69, 9.17) is 16.3 Å². The van der Waals surface area contributed by atoms with Crippen molar-refractivity contribution in [3.63, 3.8) is 0 Å². The van der Waals surface area contributed by atoms with Crippen LogP contribution in [-0.2, 0) is 15.1 Å². The molecule has 0 radical (unpaired) electrons. The zero-order valence-corrected chi connectivity index (χ0v) is 22.2. The highest BCUT2D eigenvalue weighted by molar-refractivity contribution is 6.30. The number of carbonyl (C=O) groups excluding carboxylic acids is 1. The summed E-state index contributed by atoms with van der Waals surface area (Å²) in [5.74, 6) is -0.367. The SMILES string of the molecule is CC(OCCN1CCN(C(=O)C=CC=Cc2ccc(O)c(O)c2)CC1)(c1ccccc1)c1ccc(Cl)cc1. The number of amides is 1. The van der Waals surface area contributed by atoms with Crippen LogP contribution in [0, 0.1) is 0 Å². The number of carbonyl (C=O) groups is 1. The normalized spacial score (nSPS) is 16.2. The summed E-state index contributed by atoms with van der Waals surface area (Å²) >= 11 is 6.12. The topological polar surface area (TPSA) is 73.2 Å². The summed E-state index contributed by atoms with van der Waals surface area (Å²) < 4.78 is 6.52. The first-order valence-corrected chi connectivity index (χ1v) is 13.1. The van der Waals surface area contributed by atoms with E-state index in [-0.39, 0.29) is 17.4 Å². The number of phenolic OH excluding ortho intramolecular Hbond substituents is 2. The first-order valence-electron chi connectivity index (χ1n) is 12.7. The molecule has 2 N–H and O–H groups in total. The van der Waals surface area contributed by atoms with Crippen molar-refractivity contribution in [2.24, 2.45) is 0 Å². The molecule has 0 bridgehead atoms. The van der Waals surface area contributed by atoms with E-state index >= 15 is 0 Å². The van der Waals surface area contributed by atoms with Gasteiger partial charge >= 0.3 is 0 Å². The molecule has 6 nitrogen and oxygen atoms in total. The molecular formula is C31H33ClN2O4. The van der Waals surface area contributed by atoms with E-state index in [2.05, 4.69) is 24.0 Å². The quantitative estimate of drug-likeness (QED) is 0.218. The number of nitrogens with zero attached hydrogens (tertiary/aromatic N) is 2. The molecule has 0 aromatic heterocycles. The number of hydrogen-bond acceptors (Lipinski definition) is 5. The van der Waals surface area contributed by atoms with Gasteiger partial charge in [-0.3, -0.25) is 9.69 Å². The van der Waals surface area contributed by atoms with Crippen LogP contribution in [0.3, 0.4) is 0 Å². The molecule has 4 rings (SSSR count). The van der Waals surface area contributed by atoms with Gasteiger partial charge in [-0.15, -0.1) is 0 Å². The van der Waals surface area contributed by atoms with Gasteiger partial charge in [-0.05, 0) is 47.9 Å². The lowest BCUT2D eigenvalue weighted by molar-refractivity contribution is -0.127. The smallest absolute Gasteiger partial charge is 0.246 e. The van der Waals surface area contributed by atoms with Gasteiger partial charge in [0, 0.05) is 43.8 Å². The van der Waals surface area contributed by atoms with Crippen molar-refractivity contribution in [3.05, 3.63) is 113 Å². The summed E-state index contributed by atoms with van der Waals surface area (Å²) in [6, 6.07) is 22.6. The Morgan fingerprint density at radius 1 is 0.921 bits per heavy atom. The van der Waals surface area contributed by atoms with E-state index in [9.17, 15) is 15.0 Å². The molecule has 3 aromatic carbocycles. The van der Waals surface area contributed by atoms with Crippen molar-refractivity contribution < 1.29 is 19.7 Å². The molecule has 1 unspecified atom stereocenters. The Bertz CT molecular complexity index is 1270. The van der Waals surface area contributed by atoms with Gasteiger partial charge in [-0.2, -0.15) is 0 Å². The highest BCUT2D eigenvalue weighted by atomic mass is 35.5. The lowest BCUT2D eigenvalue weighted by Gasteiger charge is -2.36. The van der Waals surface area contributed by atoms with Crippen LogP contribution >= 0.6 is 11.6 Å². The van der Waals surface area contributed by atoms with Crippen LogP contribution in [0.2, 0.25) is 5.02 Å². The van der Waals surface area contributed by atoms with Crippen molar-refractivity contribution in [2.75, 3.05) is 39.3 Å². The number of allylic oxidation sites excluding steroid dienone is 2. The zero-order valence-electron chi connectivity index (χ0n) is 21.5. The van der Waals surface area contributed by atoms with Gasteiger partial charge in [-0.1, -0.05) is 78.4 Å². The third-order valence-corrected chi connectivity index (χ3v) is 7.09. The maximum Gasteiger partial charge on any atom is 0.246 e. The second kappa shape index (κ2) is 12.8. The van der Waals surface area contributed by atoms with Gasteiger partial charge in [-0.25, -0.2) is 0 Å². The number of ether oxygens (including phenoxy) is 1. The summed E-state index contributed by atoms with van der Waals surface area (Å²) in [6.45, 7) is 6.31. The van der Waals surface area contributed by atoms with Crippen LogP contribution < -0.4 is 0 Å². The predicted molar refractivity (Wildman–Crippen MR) is 151 cm³/mol. The summed E-state index contributed by atoms with van der Waals surface area (Å²) in [6.07, 6.45) is 6.73. The third kappa shape index (κ3) is 7.04. The lowest BCUT2D eigenvalue weighted by atomic mass is 9.88. The fourth-order valence-electron chi connectivity index (χ4n) is 4.48. The minimum absolute atomic E-state index is 0.0292. The standard InChI is InChI=1S/C31H33ClN2O4/c1-31(25-8-3-2-4-9-25,26-12-14-27(32)15-13-26)38-22-21-33-17-19-34(20-18-33)30(37)10-6-5-7-24-11-16-28(35)29(36)23-24/h2-16,23,35-36H,17-22H2,1H3. The van der Waals surface area contributed by atoms with Crippen molar-refractivity contribution >= 4 is 23.6 Å². The average molecular weight is 533 g/mol. The van der Waals surface area contributed by atoms with Gasteiger partial charge in [0.1, 0.15) is 5.60 Å². The van der Waals surface area contributed by atoms with Crippen molar-refractivity contribution in [1.29, 1.82) is 0 Å². The van der Waals surface area contributed by atoms with Crippen molar-refractivity contribution in [1.82, 2.24) is 9.80 Å². The molecule has 1 fully saturated rings. The molecule has 1 amide bonds. The number of rotatable bonds is 9. The maximum atomic E-state index is 12.6. The van der Waals surface area contributed by atoms with Crippen molar-refractivity contribution in [2.45, 2.75) is 12.5 Å². The van der Waals surface area contributed by atoms with E-state index in [1.807, 2.05) is 47.4 Å². The van der Waals surface area contributed by atoms with Crippen LogP contribution in [0.15, 0.2) is 91.0 Å². The molecule has 1 aliphatic heterocycles. The molecule has 7 heteroatoms. The lowest BCUT2D eigenvalue weighted by Crippen LogP contribution is -2.49. The number of aromatic hydroxyl groups is 2. The molecule has 0 aliphatic carbocycles.